The number of hydrazine groups is 1. The van der Waals surface area contributed by atoms with E-state index < -0.39 is 0 Å². The van der Waals surface area contributed by atoms with Gasteiger partial charge in [0.25, 0.3) is 0 Å². The van der Waals surface area contributed by atoms with Gasteiger partial charge in [0, 0.05) is 19.6 Å². The van der Waals surface area contributed by atoms with Crippen molar-refractivity contribution >= 4 is 11.8 Å². The van der Waals surface area contributed by atoms with Gasteiger partial charge in [-0.25, -0.2) is 15.6 Å². The van der Waals surface area contributed by atoms with Gasteiger partial charge in [0.2, 0.25) is 0 Å². The minimum Gasteiger partial charge on any atom is -0.489 e. The third-order valence-corrected chi connectivity index (χ3v) is 6.70. The minimum absolute atomic E-state index is 0.0249. The van der Waals surface area contributed by atoms with Crippen LogP contribution in [0.25, 0.3) is 5.70 Å². The summed E-state index contributed by atoms with van der Waals surface area (Å²) in [6.07, 6.45) is 8.71. The Kier molecular flexibility index (Phi) is 7.30. The Morgan fingerprint density at radius 2 is 1.90 bits per heavy atom. The number of pyridine rings is 1. The summed E-state index contributed by atoms with van der Waals surface area (Å²) in [7, 11) is 3.45. The molecule has 31 heavy (non-hydrogen) atoms. The van der Waals surface area contributed by atoms with Crippen LogP contribution in [0.4, 0.5) is 4.79 Å². The van der Waals surface area contributed by atoms with Crippen molar-refractivity contribution in [3.05, 3.63) is 29.2 Å². The highest BCUT2D eigenvalue weighted by atomic mass is 16.6. The summed E-state index contributed by atoms with van der Waals surface area (Å²) in [6, 6.07) is 3.74. The smallest absolute Gasteiger partial charge is 0.410 e. The molecular weight excluding hydrogens is 394 g/mol. The molecule has 2 fully saturated rings. The molecule has 0 bridgehead atoms. The zero-order chi connectivity index (χ0) is 22.6. The van der Waals surface area contributed by atoms with Gasteiger partial charge < -0.3 is 25.1 Å². The molecule has 0 atom stereocenters. The lowest BCUT2D eigenvalue weighted by Gasteiger charge is -2.27. The van der Waals surface area contributed by atoms with E-state index in [1.54, 1.807) is 19.0 Å². The summed E-state index contributed by atoms with van der Waals surface area (Å²) >= 11 is 0. The Morgan fingerprint density at radius 3 is 2.45 bits per heavy atom. The second kappa shape index (κ2) is 9.77. The highest BCUT2D eigenvalue weighted by Gasteiger charge is 2.47. The van der Waals surface area contributed by atoms with Gasteiger partial charge in [0.1, 0.15) is 12.4 Å². The number of hydrogen-bond donors (Lipinski definition) is 2. The van der Waals surface area contributed by atoms with E-state index in [1.807, 2.05) is 19.1 Å². The molecule has 1 amide bonds. The first-order valence-electron chi connectivity index (χ1n) is 11.3. The van der Waals surface area contributed by atoms with Gasteiger partial charge in [-0.15, -0.1) is 0 Å². The van der Waals surface area contributed by atoms with Gasteiger partial charge in [-0.05, 0) is 64.0 Å². The molecule has 2 saturated carbocycles. The molecule has 0 aliphatic heterocycles. The number of aromatic nitrogens is 1. The van der Waals surface area contributed by atoms with Gasteiger partial charge in [-0.3, -0.25) is 0 Å². The lowest BCUT2D eigenvalue weighted by Crippen LogP contribution is -2.40. The van der Waals surface area contributed by atoms with Gasteiger partial charge in [0.15, 0.2) is 0 Å². The second-order valence-electron chi connectivity index (χ2n) is 8.82. The van der Waals surface area contributed by atoms with Gasteiger partial charge in [-0.2, -0.15) is 0 Å². The van der Waals surface area contributed by atoms with E-state index in [9.17, 15) is 4.79 Å². The van der Waals surface area contributed by atoms with Crippen molar-refractivity contribution in [2.75, 3.05) is 20.7 Å². The lowest BCUT2D eigenvalue weighted by molar-refractivity contribution is 0.0932. The highest BCUT2D eigenvalue weighted by molar-refractivity contribution is 5.70. The molecule has 0 radical (unpaired) electrons. The number of ether oxygens (including phenoxy) is 2. The van der Waals surface area contributed by atoms with Gasteiger partial charge >= 0.3 is 6.09 Å². The predicted octanol–water partition coefficient (Wildman–Crippen LogP) is 3.55. The van der Waals surface area contributed by atoms with Crippen LogP contribution in [0.2, 0.25) is 0 Å². The quantitative estimate of drug-likeness (QED) is 0.479. The lowest BCUT2D eigenvalue weighted by atomic mass is 9.98. The first-order valence-corrected chi connectivity index (χ1v) is 11.3. The first-order chi connectivity index (χ1) is 14.8. The van der Waals surface area contributed by atoms with E-state index in [2.05, 4.69) is 11.9 Å². The van der Waals surface area contributed by atoms with Crippen molar-refractivity contribution in [2.24, 2.45) is 11.6 Å². The van der Waals surface area contributed by atoms with Crippen LogP contribution in [-0.4, -0.2) is 53.3 Å². The Bertz CT molecular complexity index is 813. The molecule has 0 unspecified atom stereocenters. The summed E-state index contributed by atoms with van der Waals surface area (Å²) in [4.78, 5) is 18.8. The highest BCUT2D eigenvalue weighted by Crippen LogP contribution is 2.44. The number of nitrogens with zero attached hydrogens (tertiary/aromatic N) is 3. The largest absolute Gasteiger partial charge is 0.489 e. The number of nitrogens with two attached hydrogens (primary N) is 2. The molecule has 3 rings (SSSR count). The van der Waals surface area contributed by atoms with E-state index >= 15 is 0 Å². The molecule has 8 heteroatoms. The van der Waals surface area contributed by atoms with E-state index in [4.69, 9.17) is 21.1 Å². The average molecular weight is 432 g/mol. The van der Waals surface area contributed by atoms with E-state index in [1.165, 1.54) is 24.3 Å². The van der Waals surface area contributed by atoms with Crippen LogP contribution in [0.5, 0.6) is 5.75 Å². The third kappa shape index (κ3) is 5.42. The fraction of sp³-hybridized carbons (Fsp3) is 0.652. The van der Waals surface area contributed by atoms with Crippen LogP contribution >= 0.6 is 0 Å². The minimum atomic E-state index is -0.369. The molecule has 2 aliphatic carbocycles. The molecule has 172 valence electrons. The van der Waals surface area contributed by atoms with Crippen LogP contribution in [0.15, 0.2) is 17.8 Å². The number of hydrogen-bond acceptors (Lipinski definition) is 7. The number of likely N-dealkylation sites (N-methyl/N-ethyl adjacent to an activating group) is 1. The van der Waals surface area contributed by atoms with Crippen molar-refractivity contribution in [3.8, 4) is 5.75 Å². The second-order valence-corrected chi connectivity index (χ2v) is 8.82. The fourth-order valence-corrected chi connectivity index (χ4v) is 4.19. The summed E-state index contributed by atoms with van der Waals surface area (Å²) < 4.78 is 11.7. The van der Waals surface area contributed by atoms with E-state index in [-0.39, 0.29) is 24.3 Å². The van der Waals surface area contributed by atoms with Crippen LogP contribution in [0.1, 0.15) is 69.7 Å². The van der Waals surface area contributed by atoms with Crippen LogP contribution < -0.4 is 16.3 Å². The average Bonchev–Trinajstić information content (AvgIpc) is 3.56. The summed E-state index contributed by atoms with van der Waals surface area (Å²) in [5.74, 6) is 6.78. The molecule has 0 spiro atoms. The SMILES string of the molecule is CCC1(N(C)C(=O)OC/C(=C(/N)c2ccc(OC3CCCCC3)c(C)n2)N(C)N)CC1. The number of carbonyl (C=O) groups excluding carboxylic acids is 1. The van der Waals surface area contributed by atoms with Crippen molar-refractivity contribution in [1.29, 1.82) is 0 Å². The maximum absolute atomic E-state index is 12.5. The monoisotopic (exact) mass is 431 g/mol. The molecule has 1 aromatic rings. The van der Waals surface area contributed by atoms with E-state index in [0.29, 0.717) is 17.1 Å². The molecule has 0 saturated heterocycles. The van der Waals surface area contributed by atoms with Crippen molar-refractivity contribution < 1.29 is 14.3 Å². The third-order valence-electron chi connectivity index (χ3n) is 6.70. The molecule has 1 heterocycles. The normalized spacial score (nSPS) is 18.7. The number of aryl methyl sites for hydroxylation is 1. The molecule has 8 nitrogen and oxygen atoms in total. The molecule has 2 aliphatic rings. The Balaban J connectivity index is 1.70. The van der Waals surface area contributed by atoms with Crippen molar-refractivity contribution in [1.82, 2.24) is 14.9 Å². The summed E-state index contributed by atoms with van der Waals surface area (Å²) in [5, 5.41) is 1.37. The molecule has 1 aromatic heterocycles. The van der Waals surface area contributed by atoms with Gasteiger partial charge in [-0.1, -0.05) is 13.3 Å². The number of amides is 1. The van der Waals surface area contributed by atoms with Crippen LogP contribution in [0, 0.1) is 6.92 Å². The number of rotatable bonds is 8. The Labute approximate surface area is 185 Å². The number of carbonyl (C=O) groups is 1. The standard InChI is InChI=1S/C23H37N5O3/c1-5-23(13-14-23)27(3)22(29)30-15-19(28(4)25)21(24)18-11-12-20(16(2)26-18)31-17-9-7-6-8-10-17/h11-12,17H,5-10,13-15,24-25H2,1-4H3/b21-19-. The predicted molar refractivity (Wildman–Crippen MR) is 121 cm³/mol. The molecule has 4 N–H and O–H groups in total. The Morgan fingerprint density at radius 1 is 1.23 bits per heavy atom. The van der Waals surface area contributed by atoms with E-state index in [0.717, 1.165) is 43.5 Å². The first kappa shape index (κ1) is 23.2. The topological polar surface area (TPSA) is 107 Å². The van der Waals surface area contributed by atoms with Crippen LogP contribution in [-0.2, 0) is 4.74 Å². The fourth-order valence-electron chi connectivity index (χ4n) is 4.19. The van der Waals surface area contributed by atoms with Crippen molar-refractivity contribution in [2.45, 2.75) is 76.9 Å². The molecular formula is C23H37N5O3. The maximum atomic E-state index is 12.5. The zero-order valence-corrected chi connectivity index (χ0v) is 19.3. The molecule has 0 aromatic carbocycles. The zero-order valence-electron chi connectivity index (χ0n) is 19.3. The van der Waals surface area contributed by atoms with Crippen molar-refractivity contribution in [3.63, 3.8) is 0 Å². The van der Waals surface area contributed by atoms with Gasteiger partial charge in [0.05, 0.1) is 28.9 Å². The van der Waals surface area contributed by atoms with Crippen LogP contribution in [0.3, 0.4) is 0 Å². The Hall–Kier alpha value is -2.48. The maximum Gasteiger partial charge on any atom is 0.410 e. The summed E-state index contributed by atoms with van der Waals surface area (Å²) in [5.41, 5.74) is 8.55. The summed E-state index contributed by atoms with van der Waals surface area (Å²) in [6.45, 7) is 3.97.